The van der Waals surface area contributed by atoms with Gasteiger partial charge in [0.25, 0.3) is 0 Å². The highest BCUT2D eigenvalue weighted by molar-refractivity contribution is 5.64. The Morgan fingerprint density at radius 3 is 1.89 bits per heavy atom. The normalized spacial score (nSPS) is 10.3. The fourth-order valence-electron chi connectivity index (χ4n) is 1.74. The number of hydrogen-bond acceptors (Lipinski definition) is 7. The number of carboxylic acid groups (broad SMARTS) is 1. The van der Waals surface area contributed by atoms with E-state index in [1.807, 2.05) is 37.5 Å². The molecule has 1 rings (SSSR count). The molecule has 1 heterocycles. The smallest absolute Gasteiger partial charge is 0.171 e. The number of carbonyl (C=O) groups is 1. The SMILES string of the molecule is CCOCC[n+]1ccccc1.COCCOCCOCCOCCC(=O)[O-]. The fourth-order valence-corrected chi connectivity index (χ4v) is 1.74. The number of carboxylic acids is 1. The fraction of sp³-hybridized carbons (Fsp3) is 0.684. The average Bonchev–Trinajstić information content (AvgIpc) is 2.67. The number of ether oxygens (including phenoxy) is 5. The van der Waals surface area contributed by atoms with Gasteiger partial charge in [-0.15, -0.1) is 0 Å². The van der Waals surface area contributed by atoms with Crippen molar-refractivity contribution in [2.24, 2.45) is 0 Å². The minimum absolute atomic E-state index is 0.0832. The lowest BCUT2D eigenvalue weighted by Crippen LogP contribution is -2.34. The van der Waals surface area contributed by atoms with E-state index in [2.05, 4.69) is 4.57 Å². The molecule has 0 saturated carbocycles. The van der Waals surface area contributed by atoms with E-state index in [1.54, 1.807) is 7.11 Å². The number of carbonyl (C=O) groups excluding carboxylic acids is 1. The number of pyridine rings is 1. The van der Waals surface area contributed by atoms with Crippen molar-refractivity contribution in [3.8, 4) is 0 Å². The first-order valence-corrected chi connectivity index (χ1v) is 9.14. The number of aromatic nitrogens is 1. The van der Waals surface area contributed by atoms with Crippen LogP contribution in [0.5, 0.6) is 0 Å². The first-order valence-electron chi connectivity index (χ1n) is 9.14. The van der Waals surface area contributed by atoms with E-state index < -0.39 is 5.97 Å². The van der Waals surface area contributed by atoms with Crippen LogP contribution in [0.2, 0.25) is 0 Å². The maximum Gasteiger partial charge on any atom is 0.171 e. The average molecular weight is 387 g/mol. The summed E-state index contributed by atoms with van der Waals surface area (Å²) in [6, 6.07) is 6.05. The molecule has 0 aliphatic heterocycles. The van der Waals surface area contributed by atoms with Crippen LogP contribution in [-0.4, -0.2) is 72.5 Å². The van der Waals surface area contributed by atoms with Gasteiger partial charge in [0.15, 0.2) is 18.9 Å². The van der Waals surface area contributed by atoms with E-state index in [0.717, 1.165) is 19.8 Å². The number of methoxy groups -OCH3 is 1. The van der Waals surface area contributed by atoms with Crippen molar-refractivity contribution in [2.45, 2.75) is 19.9 Å². The Labute approximate surface area is 161 Å². The molecular formula is C19H33NO7. The summed E-state index contributed by atoms with van der Waals surface area (Å²) < 4.78 is 27.4. The standard InChI is InChI=1S/C10H20O6.C9H14NO/c1-13-4-5-15-8-9-16-7-6-14-3-2-10(11)12;1-2-11-9-8-10-6-4-3-5-7-10/h2-9H2,1H3,(H,11,12);3-7H,2,8-9H2,1H3/q;+1/p-1. The van der Waals surface area contributed by atoms with Crippen LogP contribution in [0, 0.1) is 0 Å². The van der Waals surface area contributed by atoms with Crippen molar-refractivity contribution in [3.05, 3.63) is 30.6 Å². The molecule has 0 N–H and O–H groups in total. The Bertz CT molecular complexity index is 431. The van der Waals surface area contributed by atoms with Gasteiger partial charge in [-0.2, -0.15) is 0 Å². The second kappa shape index (κ2) is 20.7. The third-order valence-corrected chi connectivity index (χ3v) is 3.10. The molecule has 1 aromatic heterocycles. The molecular weight excluding hydrogens is 354 g/mol. The number of nitrogens with zero attached hydrogens (tertiary/aromatic N) is 1. The summed E-state index contributed by atoms with van der Waals surface area (Å²) in [6.45, 7) is 7.66. The third-order valence-electron chi connectivity index (χ3n) is 3.10. The van der Waals surface area contributed by atoms with Gasteiger partial charge in [-0.1, -0.05) is 6.07 Å². The molecule has 0 unspecified atom stereocenters. The van der Waals surface area contributed by atoms with Crippen molar-refractivity contribution in [1.82, 2.24) is 0 Å². The summed E-state index contributed by atoms with van der Waals surface area (Å²) in [5, 5.41) is 10.0. The van der Waals surface area contributed by atoms with E-state index in [1.165, 1.54) is 0 Å². The quantitative estimate of drug-likeness (QED) is 0.287. The Hall–Kier alpha value is -1.58. The molecule has 0 fully saturated rings. The summed E-state index contributed by atoms with van der Waals surface area (Å²) in [4.78, 5) is 10.0. The first-order chi connectivity index (χ1) is 13.2. The molecule has 0 radical (unpaired) electrons. The minimum atomic E-state index is -1.10. The van der Waals surface area contributed by atoms with Crippen molar-refractivity contribution in [1.29, 1.82) is 0 Å². The maximum absolute atomic E-state index is 10.0. The Morgan fingerprint density at radius 1 is 0.815 bits per heavy atom. The molecule has 8 heteroatoms. The molecule has 0 atom stereocenters. The predicted molar refractivity (Wildman–Crippen MR) is 97.1 cm³/mol. The lowest BCUT2D eigenvalue weighted by atomic mass is 10.5. The van der Waals surface area contributed by atoms with Crippen LogP contribution in [0.15, 0.2) is 30.6 Å². The second-order valence-corrected chi connectivity index (χ2v) is 5.26. The second-order valence-electron chi connectivity index (χ2n) is 5.26. The highest BCUT2D eigenvalue weighted by Crippen LogP contribution is 1.84. The van der Waals surface area contributed by atoms with Crippen LogP contribution in [0.25, 0.3) is 0 Å². The highest BCUT2D eigenvalue weighted by atomic mass is 16.6. The van der Waals surface area contributed by atoms with Gasteiger partial charge in [-0.25, -0.2) is 4.57 Å². The zero-order valence-corrected chi connectivity index (χ0v) is 16.5. The van der Waals surface area contributed by atoms with Crippen LogP contribution < -0.4 is 9.67 Å². The monoisotopic (exact) mass is 387 g/mol. The maximum atomic E-state index is 10.0. The van der Waals surface area contributed by atoms with Gasteiger partial charge in [-0.05, 0) is 6.92 Å². The number of hydrogen-bond donors (Lipinski definition) is 0. The van der Waals surface area contributed by atoms with Gasteiger partial charge >= 0.3 is 0 Å². The highest BCUT2D eigenvalue weighted by Gasteiger charge is 1.95. The van der Waals surface area contributed by atoms with Gasteiger partial charge in [0.05, 0.1) is 46.2 Å². The Morgan fingerprint density at radius 2 is 1.37 bits per heavy atom. The van der Waals surface area contributed by atoms with E-state index in [9.17, 15) is 9.90 Å². The van der Waals surface area contributed by atoms with Crippen molar-refractivity contribution < 1.29 is 38.2 Å². The van der Waals surface area contributed by atoms with Gasteiger partial charge in [-0.3, -0.25) is 0 Å². The topological polar surface area (TPSA) is 90.2 Å². The minimum Gasteiger partial charge on any atom is -0.550 e. The summed E-state index contributed by atoms with van der Waals surface area (Å²) >= 11 is 0. The van der Waals surface area contributed by atoms with Crippen LogP contribution in [-0.2, 0) is 35.0 Å². The molecule has 0 saturated heterocycles. The van der Waals surface area contributed by atoms with E-state index in [4.69, 9.17) is 23.7 Å². The van der Waals surface area contributed by atoms with Crippen molar-refractivity contribution in [3.63, 3.8) is 0 Å². The summed E-state index contributed by atoms with van der Waals surface area (Å²) in [5.74, 6) is -1.10. The van der Waals surface area contributed by atoms with Gasteiger partial charge < -0.3 is 33.6 Å². The molecule has 8 nitrogen and oxygen atoms in total. The Kier molecular flexibility index (Phi) is 19.5. The van der Waals surface area contributed by atoms with Gasteiger partial charge in [0.2, 0.25) is 0 Å². The lowest BCUT2D eigenvalue weighted by molar-refractivity contribution is -0.698. The molecule has 0 aliphatic rings. The summed E-state index contributed by atoms with van der Waals surface area (Å²) in [5.41, 5.74) is 0. The predicted octanol–water partition coefficient (Wildman–Crippen LogP) is -0.167. The molecule has 0 amide bonds. The van der Waals surface area contributed by atoms with Crippen molar-refractivity contribution >= 4 is 5.97 Å². The van der Waals surface area contributed by atoms with E-state index >= 15 is 0 Å². The molecule has 0 bridgehead atoms. The van der Waals surface area contributed by atoms with E-state index in [0.29, 0.717) is 39.6 Å². The van der Waals surface area contributed by atoms with Crippen molar-refractivity contribution in [2.75, 3.05) is 66.6 Å². The first kappa shape index (κ1) is 25.4. The molecule has 156 valence electrons. The molecule has 0 aromatic carbocycles. The van der Waals surface area contributed by atoms with Crippen LogP contribution in [0.4, 0.5) is 0 Å². The zero-order valence-electron chi connectivity index (χ0n) is 16.5. The summed E-state index contributed by atoms with van der Waals surface area (Å²) in [7, 11) is 1.61. The number of aliphatic carboxylic acids is 1. The molecule has 27 heavy (non-hydrogen) atoms. The largest absolute Gasteiger partial charge is 0.550 e. The molecule has 0 aliphatic carbocycles. The third kappa shape index (κ3) is 20.6. The van der Waals surface area contributed by atoms with Crippen LogP contribution >= 0.6 is 0 Å². The van der Waals surface area contributed by atoms with Gasteiger partial charge in [0, 0.05) is 38.2 Å². The van der Waals surface area contributed by atoms with Crippen LogP contribution in [0.1, 0.15) is 13.3 Å². The van der Waals surface area contributed by atoms with Gasteiger partial charge in [0.1, 0.15) is 6.61 Å². The molecule has 0 spiro atoms. The zero-order chi connectivity index (χ0) is 20.0. The molecule has 1 aromatic rings. The summed E-state index contributed by atoms with van der Waals surface area (Å²) in [6.07, 6.45) is 4.00. The Balaban J connectivity index is 0.000000533. The van der Waals surface area contributed by atoms with Crippen LogP contribution in [0.3, 0.4) is 0 Å². The number of rotatable bonds is 16. The van der Waals surface area contributed by atoms with E-state index in [-0.39, 0.29) is 13.0 Å². The lowest BCUT2D eigenvalue weighted by Gasteiger charge is -2.06.